The van der Waals surface area contributed by atoms with Crippen LogP contribution in [-0.2, 0) is 9.53 Å². The van der Waals surface area contributed by atoms with Gasteiger partial charge in [-0.3, -0.25) is 14.9 Å². The maximum absolute atomic E-state index is 12.2. The maximum atomic E-state index is 12.2. The largest absolute Gasteiger partial charge is 0.506 e. The molecule has 2 N–H and O–H groups in total. The first-order valence-corrected chi connectivity index (χ1v) is 8.30. The number of ether oxygens (including phenoxy) is 1. The van der Waals surface area contributed by atoms with Gasteiger partial charge in [-0.05, 0) is 24.4 Å². The Morgan fingerprint density at radius 2 is 1.86 bits per heavy atom. The summed E-state index contributed by atoms with van der Waals surface area (Å²) < 4.78 is 4.96. The Hall–Kier alpha value is -3.94. The molecule has 0 unspecified atom stereocenters. The van der Waals surface area contributed by atoms with Gasteiger partial charge >= 0.3 is 5.97 Å². The maximum Gasteiger partial charge on any atom is 0.342 e. The first-order valence-electron chi connectivity index (χ1n) is 8.30. The van der Waals surface area contributed by atoms with E-state index in [9.17, 15) is 24.8 Å². The zero-order valence-corrected chi connectivity index (χ0v) is 14.8. The molecule has 0 bridgehead atoms. The number of hydrogen-bond acceptors (Lipinski definition) is 6. The van der Waals surface area contributed by atoms with E-state index < -0.39 is 23.4 Å². The predicted molar refractivity (Wildman–Crippen MR) is 102 cm³/mol. The number of rotatable bonds is 5. The fourth-order valence-electron chi connectivity index (χ4n) is 2.77. The molecule has 0 radical (unpaired) electrons. The second-order valence-corrected chi connectivity index (χ2v) is 6.01. The van der Waals surface area contributed by atoms with Crippen molar-refractivity contribution in [1.29, 1.82) is 0 Å². The highest BCUT2D eigenvalue weighted by Gasteiger charge is 2.18. The summed E-state index contributed by atoms with van der Waals surface area (Å²) in [4.78, 5) is 34.7. The van der Waals surface area contributed by atoms with Crippen LogP contribution in [-0.4, -0.2) is 28.5 Å². The number of anilines is 1. The van der Waals surface area contributed by atoms with E-state index in [2.05, 4.69) is 5.32 Å². The van der Waals surface area contributed by atoms with Gasteiger partial charge in [0.05, 0.1) is 16.2 Å². The molecule has 8 heteroatoms. The molecule has 0 aliphatic heterocycles. The molecule has 0 aliphatic rings. The Morgan fingerprint density at radius 3 is 2.61 bits per heavy atom. The number of carbonyl (C=O) groups excluding carboxylic acids is 2. The molecule has 0 aliphatic carbocycles. The lowest BCUT2D eigenvalue weighted by Crippen LogP contribution is -2.21. The van der Waals surface area contributed by atoms with Gasteiger partial charge in [0.1, 0.15) is 11.3 Å². The SMILES string of the molecule is Cc1c(NC(=O)COC(=O)c2ccc3ccccc3c2O)cccc1[N+](=O)[O-]. The Bertz CT molecular complexity index is 1090. The minimum atomic E-state index is -0.853. The quantitative estimate of drug-likeness (QED) is 0.397. The minimum Gasteiger partial charge on any atom is -0.506 e. The van der Waals surface area contributed by atoms with Crippen molar-refractivity contribution in [3.63, 3.8) is 0 Å². The molecule has 0 atom stereocenters. The molecule has 28 heavy (non-hydrogen) atoms. The fourth-order valence-corrected chi connectivity index (χ4v) is 2.77. The van der Waals surface area contributed by atoms with E-state index in [1.165, 1.54) is 31.2 Å². The van der Waals surface area contributed by atoms with Crippen LogP contribution in [0.1, 0.15) is 15.9 Å². The van der Waals surface area contributed by atoms with Crippen LogP contribution in [0.15, 0.2) is 54.6 Å². The van der Waals surface area contributed by atoms with Gasteiger partial charge in [-0.15, -0.1) is 0 Å². The normalized spacial score (nSPS) is 10.5. The van der Waals surface area contributed by atoms with E-state index in [-0.39, 0.29) is 22.7 Å². The van der Waals surface area contributed by atoms with Crippen molar-refractivity contribution in [2.75, 3.05) is 11.9 Å². The van der Waals surface area contributed by atoms with Crippen LogP contribution in [0.25, 0.3) is 10.8 Å². The van der Waals surface area contributed by atoms with Gasteiger partial charge in [-0.1, -0.05) is 36.4 Å². The molecule has 0 heterocycles. The number of phenols is 1. The Morgan fingerprint density at radius 1 is 1.11 bits per heavy atom. The highest BCUT2D eigenvalue weighted by atomic mass is 16.6. The summed E-state index contributed by atoms with van der Waals surface area (Å²) in [6.07, 6.45) is 0. The van der Waals surface area contributed by atoms with Crippen molar-refractivity contribution in [3.8, 4) is 5.75 Å². The van der Waals surface area contributed by atoms with E-state index >= 15 is 0 Å². The highest BCUT2D eigenvalue weighted by molar-refractivity contribution is 6.02. The van der Waals surface area contributed by atoms with E-state index in [0.29, 0.717) is 10.9 Å². The third kappa shape index (κ3) is 3.75. The molecule has 142 valence electrons. The zero-order chi connectivity index (χ0) is 20.3. The average molecular weight is 380 g/mol. The number of fused-ring (bicyclic) bond motifs is 1. The Balaban J connectivity index is 1.68. The number of hydrogen-bond donors (Lipinski definition) is 2. The van der Waals surface area contributed by atoms with Crippen molar-refractivity contribution >= 4 is 34.0 Å². The van der Waals surface area contributed by atoms with Crippen molar-refractivity contribution in [1.82, 2.24) is 0 Å². The second kappa shape index (κ2) is 7.75. The molecule has 3 rings (SSSR count). The number of nitro benzene ring substituents is 1. The molecular formula is C20H16N2O6. The lowest BCUT2D eigenvalue weighted by Gasteiger charge is -2.10. The Labute approximate surface area is 159 Å². The Kier molecular flexibility index (Phi) is 5.21. The van der Waals surface area contributed by atoms with Crippen molar-refractivity contribution < 1.29 is 24.4 Å². The van der Waals surface area contributed by atoms with Gasteiger partial charge in [0.2, 0.25) is 0 Å². The molecular weight excluding hydrogens is 364 g/mol. The number of carbonyl (C=O) groups is 2. The monoisotopic (exact) mass is 380 g/mol. The van der Waals surface area contributed by atoms with Crippen molar-refractivity contribution in [3.05, 3.63) is 75.8 Å². The van der Waals surface area contributed by atoms with Gasteiger partial charge in [-0.2, -0.15) is 0 Å². The van der Waals surface area contributed by atoms with E-state index in [1.807, 2.05) is 0 Å². The molecule has 0 aromatic heterocycles. The molecule has 0 saturated heterocycles. The summed E-state index contributed by atoms with van der Waals surface area (Å²) in [5.74, 6) is -1.73. The third-order valence-electron chi connectivity index (χ3n) is 4.23. The van der Waals surface area contributed by atoms with Crippen molar-refractivity contribution in [2.45, 2.75) is 6.92 Å². The van der Waals surface area contributed by atoms with Crippen LogP contribution in [0.3, 0.4) is 0 Å². The van der Waals surface area contributed by atoms with Gasteiger partial charge in [-0.25, -0.2) is 4.79 Å². The number of amides is 1. The van der Waals surface area contributed by atoms with Crippen LogP contribution < -0.4 is 5.32 Å². The van der Waals surface area contributed by atoms with E-state index in [4.69, 9.17) is 4.74 Å². The van der Waals surface area contributed by atoms with E-state index in [1.54, 1.807) is 30.3 Å². The van der Waals surface area contributed by atoms with Crippen LogP contribution in [0.5, 0.6) is 5.75 Å². The van der Waals surface area contributed by atoms with E-state index in [0.717, 1.165) is 5.39 Å². The second-order valence-electron chi connectivity index (χ2n) is 6.01. The number of benzene rings is 3. The summed E-state index contributed by atoms with van der Waals surface area (Å²) in [7, 11) is 0. The number of nitrogens with one attached hydrogen (secondary N) is 1. The van der Waals surface area contributed by atoms with Gasteiger partial charge in [0.25, 0.3) is 11.6 Å². The number of phenolic OH excluding ortho intramolecular Hbond substituents is 1. The lowest BCUT2D eigenvalue weighted by molar-refractivity contribution is -0.385. The number of nitrogens with zero attached hydrogens (tertiary/aromatic N) is 1. The standard InChI is InChI=1S/C20H16N2O6/c1-12-16(7-4-8-17(12)22(26)27)21-18(23)11-28-20(25)15-10-9-13-5-2-3-6-14(13)19(15)24/h2-10,24H,11H2,1H3,(H,21,23). The first kappa shape index (κ1) is 18.8. The van der Waals surface area contributed by atoms with Crippen LogP contribution in [0.2, 0.25) is 0 Å². The van der Waals surface area contributed by atoms with Gasteiger partial charge in [0, 0.05) is 11.5 Å². The number of aromatic hydroxyl groups is 1. The average Bonchev–Trinajstić information content (AvgIpc) is 2.68. The molecule has 0 saturated carbocycles. The smallest absolute Gasteiger partial charge is 0.342 e. The van der Waals surface area contributed by atoms with Gasteiger partial charge < -0.3 is 15.2 Å². The number of esters is 1. The molecule has 8 nitrogen and oxygen atoms in total. The summed E-state index contributed by atoms with van der Waals surface area (Å²) in [5, 5.41) is 25.0. The molecule has 1 amide bonds. The number of nitro groups is 1. The van der Waals surface area contributed by atoms with Crippen LogP contribution in [0.4, 0.5) is 11.4 Å². The third-order valence-corrected chi connectivity index (χ3v) is 4.23. The highest BCUT2D eigenvalue weighted by Crippen LogP contribution is 2.29. The lowest BCUT2D eigenvalue weighted by atomic mass is 10.1. The molecule has 3 aromatic rings. The zero-order valence-electron chi connectivity index (χ0n) is 14.8. The van der Waals surface area contributed by atoms with Crippen molar-refractivity contribution in [2.24, 2.45) is 0 Å². The summed E-state index contributed by atoms with van der Waals surface area (Å²) in [6.45, 7) is 0.903. The van der Waals surface area contributed by atoms with Gasteiger partial charge in [0.15, 0.2) is 6.61 Å². The predicted octanol–water partition coefficient (Wildman–Crippen LogP) is 3.56. The minimum absolute atomic E-state index is 0.0574. The van der Waals surface area contributed by atoms with Crippen LogP contribution >= 0.6 is 0 Å². The summed E-state index contributed by atoms with van der Waals surface area (Å²) in [6, 6.07) is 14.4. The van der Waals surface area contributed by atoms with Crippen LogP contribution in [0, 0.1) is 17.0 Å². The topological polar surface area (TPSA) is 119 Å². The summed E-state index contributed by atoms with van der Waals surface area (Å²) in [5.41, 5.74) is 0.358. The molecule has 0 spiro atoms. The first-order chi connectivity index (χ1) is 13.4. The summed E-state index contributed by atoms with van der Waals surface area (Å²) >= 11 is 0. The molecule has 3 aromatic carbocycles. The molecule has 0 fully saturated rings. The fraction of sp³-hybridized carbons (Fsp3) is 0.100.